The number of rotatable bonds is 4. The lowest BCUT2D eigenvalue weighted by molar-refractivity contribution is -0.384. The van der Waals surface area contributed by atoms with Gasteiger partial charge < -0.3 is 14.2 Å². The number of nitrogens with zero attached hydrogens (tertiary/aromatic N) is 4. The summed E-state index contributed by atoms with van der Waals surface area (Å²) in [4.78, 5) is 39.9. The van der Waals surface area contributed by atoms with Crippen LogP contribution in [0.15, 0.2) is 66.9 Å². The van der Waals surface area contributed by atoms with E-state index in [2.05, 4.69) is 4.57 Å². The zero-order valence-electron chi connectivity index (χ0n) is 17.1. The summed E-state index contributed by atoms with van der Waals surface area (Å²) in [5.74, 6) is -0.308. The van der Waals surface area contributed by atoms with Crippen LogP contribution in [-0.4, -0.2) is 45.9 Å². The molecule has 1 unspecified atom stereocenters. The number of amides is 2. The number of benzene rings is 2. The summed E-state index contributed by atoms with van der Waals surface area (Å²) < 4.78 is 7.54. The third kappa shape index (κ3) is 3.37. The van der Waals surface area contributed by atoms with E-state index in [1.165, 1.54) is 23.1 Å². The second-order valence-electron chi connectivity index (χ2n) is 7.70. The maximum absolute atomic E-state index is 13.5. The molecule has 2 aliphatic heterocycles. The van der Waals surface area contributed by atoms with Gasteiger partial charge in [0, 0.05) is 37.1 Å². The Bertz CT molecular complexity index is 1210. The zero-order valence-corrected chi connectivity index (χ0v) is 17.1. The lowest BCUT2D eigenvalue weighted by Crippen LogP contribution is -2.49. The van der Waals surface area contributed by atoms with E-state index < -0.39 is 10.8 Å². The third-order valence-corrected chi connectivity index (χ3v) is 5.86. The summed E-state index contributed by atoms with van der Waals surface area (Å²) in [6, 6.07) is 17.5. The van der Waals surface area contributed by atoms with Crippen LogP contribution in [0.25, 0.3) is 0 Å². The average Bonchev–Trinajstić information content (AvgIpc) is 3.29. The van der Waals surface area contributed by atoms with Crippen LogP contribution in [-0.2, 0) is 16.1 Å². The van der Waals surface area contributed by atoms with E-state index in [0.717, 1.165) is 11.3 Å². The molecule has 1 atom stereocenters. The highest BCUT2D eigenvalue weighted by Gasteiger charge is 2.35. The normalized spacial score (nSPS) is 17.4. The molecule has 5 rings (SSSR count). The van der Waals surface area contributed by atoms with Crippen molar-refractivity contribution in [2.75, 3.05) is 24.6 Å². The number of nitro benzene ring substituents is 1. The van der Waals surface area contributed by atoms with Crippen molar-refractivity contribution in [1.82, 2.24) is 9.47 Å². The highest BCUT2D eigenvalue weighted by atomic mass is 16.6. The Morgan fingerprint density at radius 1 is 1.09 bits per heavy atom. The molecule has 162 valence electrons. The van der Waals surface area contributed by atoms with Crippen LogP contribution in [0.3, 0.4) is 0 Å². The first kappa shape index (κ1) is 19.8. The SMILES string of the molecule is O=C1COc2ccc([N+](=O)[O-])cc2N1CC(=O)N1CCn2cccc2C1c1ccccc1. The molecule has 2 aliphatic rings. The Morgan fingerprint density at radius 2 is 1.91 bits per heavy atom. The van der Waals surface area contributed by atoms with E-state index in [1.807, 2.05) is 48.7 Å². The van der Waals surface area contributed by atoms with E-state index >= 15 is 0 Å². The number of ether oxygens (including phenoxy) is 1. The minimum absolute atomic E-state index is 0.169. The fourth-order valence-electron chi connectivity index (χ4n) is 4.34. The van der Waals surface area contributed by atoms with Crippen molar-refractivity contribution >= 4 is 23.2 Å². The number of non-ortho nitro benzene ring substituents is 1. The molecule has 9 nitrogen and oxygen atoms in total. The maximum atomic E-state index is 13.5. The first-order valence-electron chi connectivity index (χ1n) is 10.2. The van der Waals surface area contributed by atoms with E-state index in [-0.39, 0.29) is 36.5 Å². The Hall–Kier alpha value is -4.14. The average molecular weight is 432 g/mol. The maximum Gasteiger partial charge on any atom is 0.271 e. The topological polar surface area (TPSA) is 97.9 Å². The molecular formula is C23H20N4O5. The quantitative estimate of drug-likeness (QED) is 0.466. The molecule has 9 heteroatoms. The second kappa shape index (κ2) is 7.84. The van der Waals surface area contributed by atoms with Crippen LogP contribution in [0, 0.1) is 10.1 Å². The Morgan fingerprint density at radius 3 is 2.69 bits per heavy atom. The van der Waals surface area contributed by atoms with Gasteiger partial charge in [-0.25, -0.2) is 0 Å². The second-order valence-corrected chi connectivity index (χ2v) is 7.70. The number of carbonyl (C=O) groups is 2. The van der Waals surface area contributed by atoms with Crippen molar-refractivity contribution in [3.05, 3.63) is 88.2 Å². The number of fused-ring (bicyclic) bond motifs is 2. The van der Waals surface area contributed by atoms with Crippen molar-refractivity contribution in [3.63, 3.8) is 0 Å². The van der Waals surface area contributed by atoms with Crippen LogP contribution >= 0.6 is 0 Å². The minimum atomic E-state index is -0.538. The number of carbonyl (C=O) groups excluding carboxylic acids is 2. The number of nitro groups is 1. The van der Waals surface area contributed by atoms with Crippen LogP contribution in [0.1, 0.15) is 17.3 Å². The number of anilines is 1. The molecule has 2 amide bonds. The summed E-state index contributed by atoms with van der Waals surface area (Å²) in [7, 11) is 0. The van der Waals surface area contributed by atoms with Gasteiger partial charge in [0.05, 0.1) is 16.7 Å². The fourth-order valence-corrected chi connectivity index (χ4v) is 4.34. The predicted molar refractivity (Wildman–Crippen MR) is 115 cm³/mol. The van der Waals surface area contributed by atoms with Crippen molar-refractivity contribution in [3.8, 4) is 5.75 Å². The van der Waals surface area contributed by atoms with Crippen molar-refractivity contribution in [2.45, 2.75) is 12.6 Å². The van der Waals surface area contributed by atoms with Crippen molar-refractivity contribution in [1.29, 1.82) is 0 Å². The molecule has 0 radical (unpaired) electrons. The molecule has 3 heterocycles. The first-order valence-corrected chi connectivity index (χ1v) is 10.2. The molecule has 0 spiro atoms. The highest BCUT2D eigenvalue weighted by Crippen LogP contribution is 2.36. The third-order valence-electron chi connectivity index (χ3n) is 5.86. The standard InChI is InChI=1S/C23H20N4O5/c28-21(14-26-19-13-17(27(30)31)8-9-20(19)32-15-22(26)29)25-12-11-24-10-4-7-18(24)23(25)16-5-2-1-3-6-16/h1-10,13,23H,11-12,14-15H2. The molecule has 0 N–H and O–H groups in total. The van der Waals surface area contributed by atoms with Gasteiger partial charge in [-0.3, -0.25) is 24.6 Å². The van der Waals surface area contributed by atoms with E-state index in [4.69, 9.17) is 4.74 Å². The molecule has 32 heavy (non-hydrogen) atoms. The number of hydrogen-bond donors (Lipinski definition) is 0. The lowest BCUT2D eigenvalue weighted by Gasteiger charge is -2.39. The van der Waals surface area contributed by atoms with E-state index in [9.17, 15) is 19.7 Å². The Kier molecular flexibility index (Phi) is 4.85. The Labute approximate surface area is 183 Å². The highest BCUT2D eigenvalue weighted by molar-refractivity contribution is 6.02. The van der Waals surface area contributed by atoms with Crippen molar-refractivity contribution in [2.24, 2.45) is 0 Å². The molecule has 2 aromatic carbocycles. The van der Waals surface area contributed by atoms with Crippen LogP contribution in [0.4, 0.5) is 11.4 Å². The lowest BCUT2D eigenvalue weighted by atomic mass is 10.00. The summed E-state index contributed by atoms with van der Waals surface area (Å²) in [6.07, 6.45) is 1.99. The van der Waals surface area contributed by atoms with Gasteiger partial charge in [-0.05, 0) is 23.8 Å². The molecule has 3 aromatic rings. The van der Waals surface area contributed by atoms with Gasteiger partial charge >= 0.3 is 0 Å². The molecule has 0 saturated carbocycles. The van der Waals surface area contributed by atoms with Gasteiger partial charge in [-0.2, -0.15) is 0 Å². The number of aromatic nitrogens is 1. The van der Waals surface area contributed by atoms with Crippen molar-refractivity contribution < 1.29 is 19.2 Å². The van der Waals surface area contributed by atoms with E-state index in [1.54, 1.807) is 4.90 Å². The van der Waals surface area contributed by atoms with Gasteiger partial charge in [-0.15, -0.1) is 0 Å². The predicted octanol–water partition coefficient (Wildman–Crippen LogP) is 2.75. The smallest absolute Gasteiger partial charge is 0.271 e. The molecule has 0 saturated heterocycles. The molecule has 0 bridgehead atoms. The van der Waals surface area contributed by atoms with Gasteiger partial charge in [0.1, 0.15) is 12.3 Å². The minimum Gasteiger partial charge on any atom is -0.482 e. The van der Waals surface area contributed by atoms with Gasteiger partial charge in [0.25, 0.3) is 11.6 Å². The van der Waals surface area contributed by atoms with Gasteiger partial charge in [0.15, 0.2) is 6.61 Å². The molecular weight excluding hydrogens is 412 g/mol. The Balaban J connectivity index is 1.48. The van der Waals surface area contributed by atoms with Crippen LogP contribution in [0.2, 0.25) is 0 Å². The molecule has 0 fully saturated rings. The molecule has 1 aromatic heterocycles. The summed E-state index contributed by atoms with van der Waals surface area (Å²) >= 11 is 0. The largest absolute Gasteiger partial charge is 0.482 e. The molecule has 0 aliphatic carbocycles. The van der Waals surface area contributed by atoms with E-state index in [0.29, 0.717) is 18.8 Å². The summed E-state index contributed by atoms with van der Waals surface area (Å²) in [5, 5.41) is 11.2. The fraction of sp³-hybridized carbons (Fsp3) is 0.217. The number of hydrogen-bond acceptors (Lipinski definition) is 5. The van der Waals surface area contributed by atoms with Gasteiger partial charge in [0.2, 0.25) is 5.91 Å². The monoisotopic (exact) mass is 432 g/mol. The summed E-state index contributed by atoms with van der Waals surface area (Å²) in [5.41, 5.74) is 2.04. The zero-order chi connectivity index (χ0) is 22.2. The summed E-state index contributed by atoms with van der Waals surface area (Å²) in [6.45, 7) is 0.695. The first-order chi connectivity index (χ1) is 15.5. The van der Waals surface area contributed by atoms with Crippen LogP contribution < -0.4 is 9.64 Å². The van der Waals surface area contributed by atoms with Gasteiger partial charge in [-0.1, -0.05) is 30.3 Å². The van der Waals surface area contributed by atoms with Crippen LogP contribution in [0.5, 0.6) is 5.75 Å².